The van der Waals surface area contributed by atoms with E-state index in [-0.39, 0.29) is 16.6 Å². The Morgan fingerprint density at radius 1 is 1.36 bits per heavy atom. The fraction of sp³-hybridized carbons (Fsp3) is 0.312. The van der Waals surface area contributed by atoms with Crippen LogP contribution in [0.4, 0.5) is 5.69 Å². The molecule has 0 saturated heterocycles. The van der Waals surface area contributed by atoms with Crippen molar-refractivity contribution in [3.05, 3.63) is 40.0 Å². The molecule has 0 spiro atoms. The summed E-state index contributed by atoms with van der Waals surface area (Å²) in [6.07, 6.45) is 1.78. The molecule has 25 heavy (non-hydrogen) atoms. The molecule has 0 atom stereocenters. The Morgan fingerprint density at radius 2 is 2.08 bits per heavy atom. The summed E-state index contributed by atoms with van der Waals surface area (Å²) in [6.45, 7) is 5.74. The van der Waals surface area contributed by atoms with Gasteiger partial charge in [-0.15, -0.1) is 11.3 Å². The molecule has 3 rings (SSSR count). The van der Waals surface area contributed by atoms with Crippen molar-refractivity contribution in [2.45, 2.75) is 31.7 Å². The van der Waals surface area contributed by atoms with Gasteiger partial charge in [0.25, 0.3) is 10.0 Å². The minimum atomic E-state index is -3.89. The third kappa shape index (κ3) is 3.33. The van der Waals surface area contributed by atoms with Gasteiger partial charge >= 0.3 is 0 Å². The molecular formula is C16H18ClN3O3S2. The second-order valence-corrected chi connectivity index (χ2v) is 9.15. The predicted molar refractivity (Wildman–Crippen MR) is 101 cm³/mol. The molecule has 1 N–H and O–H groups in total. The maximum atomic E-state index is 13.1. The minimum absolute atomic E-state index is 0.0414. The van der Waals surface area contributed by atoms with Gasteiger partial charge in [-0.1, -0.05) is 25.4 Å². The Morgan fingerprint density at radius 3 is 2.72 bits per heavy atom. The van der Waals surface area contributed by atoms with Crippen molar-refractivity contribution in [2.24, 2.45) is 0 Å². The lowest BCUT2D eigenvalue weighted by molar-refractivity contribution is 0.417. The summed E-state index contributed by atoms with van der Waals surface area (Å²) in [6, 6.07) is 4.77. The first-order chi connectivity index (χ1) is 11.7. The number of benzene rings is 1. The van der Waals surface area contributed by atoms with Crippen LogP contribution in [0, 0.1) is 6.92 Å². The fourth-order valence-electron chi connectivity index (χ4n) is 2.55. The predicted octanol–water partition coefficient (Wildman–Crippen LogP) is 4.29. The van der Waals surface area contributed by atoms with Gasteiger partial charge in [-0.05, 0) is 31.0 Å². The lowest BCUT2D eigenvalue weighted by Crippen LogP contribution is -2.17. The van der Waals surface area contributed by atoms with Gasteiger partial charge in [-0.2, -0.15) is 8.42 Å². The first-order valence-electron chi connectivity index (χ1n) is 7.57. The van der Waals surface area contributed by atoms with Crippen molar-refractivity contribution in [1.82, 2.24) is 9.38 Å². The van der Waals surface area contributed by atoms with E-state index in [4.69, 9.17) is 16.3 Å². The van der Waals surface area contributed by atoms with Crippen LogP contribution in [0.25, 0.3) is 4.96 Å². The molecule has 0 aliphatic carbocycles. The van der Waals surface area contributed by atoms with E-state index in [1.54, 1.807) is 22.7 Å². The second kappa shape index (κ2) is 6.51. The summed E-state index contributed by atoms with van der Waals surface area (Å²) >= 11 is 7.45. The van der Waals surface area contributed by atoms with Gasteiger partial charge in [-0.3, -0.25) is 9.12 Å². The standard InChI is InChI=1S/C16H18ClN3O3S2/c1-9(2)14-15(20-8-10(3)24-16(20)18-14)25(21,22)19-12-7-11(17)5-6-13(12)23-4/h5-9,19H,1-4H3. The number of sulfonamides is 1. The summed E-state index contributed by atoms with van der Waals surface area (Å²) in [5, 5.41) is 0.552. The van der Waals surface area contributed by atoms with Crippen LogP contribution in [-0.2, 0) is 10.0 Å². The molecule has 0 bridgehead atoms. The summed E-state index contributed by atoms with van der Waals surface area (Å²) in [5.74, 6) is 0.349. The van der Waals surface area contributed by atoms with Gasteiger partial charge in [0, 0.05) is 16.1 Å². The number of rotatable bonds is 5. The van der Waals surface area contributed by atoms with Crippen LogP contribution in [-0.4, -0.2) is 24.9 Å². The number of nitrogens with zero attached hydrogens (tertiary/aromatic N) is 2. The second-order valence-electron chi connectivity index (χ2n) is 5.90. The van der Waals surface area contributed by atoms with Gasteiger partial charge in [-0.25, -0.2) is 4.98 Å². The zero-order valence-electron chi connectivity index (χ0n) is 14.2. The number of aromatic nitrogens is 2. The number of hydrogen-bond donors (Lipinski definition) is 1. The number of imidazole rings is 1. The van der Waals surface area contributed by atoms with Crippen molar-refractivity contribution in [1.29, 1.82) is 0 Å². The van der Waals surface area contributed by atoms with Crippen molar-refractivity contribution < 1.29 is 13.2 Å². The van der Waals surface area contributed by atoms with Crippen molar-refractivity contribution >= 4 is 43.6 Å². The first-order valence-corrected chi connectivity index (χ1v) is 10.3. The quantitative estimate of drug-likeness (QED) is 0.694. The number of thiazole rings is 1. The number of aryl methyl sites for hydroxylation is 1. The molecule has 0 radical (unpaired) electrons. The number of ether oxygens (including phenoxy) is 1. The van der Waals surface area contributed by atoms with Gasteiger partial charge in [0.05, 0.1) is 18.5 Å². The smallest absolute Gasteiger partial charge is 0.279 e. The summed E-state index contributed by atoms with van der Waals surface area (Å²) < 4.78 is 35.7. The molecule has 1 aromatic carbocycles. The van der Waals surface area contributed by atoms with Crippen LogP contribution in [0.15, 0.2) is 29.4 Å². The normalized spacial score (nSPS) is 12.1. The third-order valence-electron chi connectivity index (χ3n) is 3.63. The number of halogens is 1. The average molecular weight is 400 g/mol. The molecule has 6 nitrogen and oxygen atoms in total. The first kappa shape index (κ1) is 18.0. The van der Waals surface area contributed by atoms with Crippen LogP contribution in [0.5, 0.6) is 5.75 Å². The van der Waals surface area contributed by atoms with E-state index in [1.807, 2.05) is 20.8 Å². The summed E-state index contributed by atoms with van der Waals surface area (Å²) in [5.41, 5.74) is 0.811. The highest BCUT2D eigenvalue weighted by atomic mass is 35.5. The molecule has 0 aliphatic heterocycles. The van der Waals surface area contributed by atoms with Crippen LogP contribution >= 0.6 is 22.9 Å². The lowest BCUT2D eigenvalue weighted by Gasteiger charge is -2.13. The molecule has 0 saturated carbocycles. The number of methoxy groups -OCH3 is 1. The number of nitrogens with one attached hydrogen (secondary N) is 1. The van der Waals surface area contributed by atoms with Crippen molar-refractivity contribution in [3.63, 3.8) is 0 Å². The Balaban J connectivity index is 2.16. The SMILES string of the molecule is COc1ccc(Cl)cc1NS(=O)(=O)c1c(C(C)C)nc2sc(C)cn12. The van der Waals surface area contributed by atoms with E-state index in [2.05, 4.69) is 9.71 Å². The van der Waals surface area contributed by atoms with E-state index >= 15 is 0 Å². The minimum Gasteiger partial charge on any atom is -0.495 e. The fourth-order valence-corrected chi connectivity index (χ4v) is 5.11. The van der Waals surface area contributed by atoms with Crippen molar-refractivity contribution in [2.75, 3.05) is 11.8 Å². The van der Waals surface area contributed by atoms with Gasteiger partial charge in [0.15, 0.2) is 9.99 Å². The molecule has 134 valence electrons. The van der Waals surface area contributed by atoms with Gasteiger partial charge in [0.2, 0.25) is 0 Å². The van der Waals surface area contributed by atoms with Gasteiger partial charge in [0.1, 0.15) is 5.75 Å². The number of hydrogen-bond acceptors (Lipinski definition) is 5. The Labute approximate surface area is 155 Å². The molecule has 3 aromatic rings. The zero-order chi connectivity index (χ0) is 18.4. The highest BCUT2D eigenvalue weighted by Gasteiger charge is 2.28. The maximum absolute atomic E-state index is 13.1. The molecule has 0 aliphatic rings. The zero-order valence-corrected chi connectivity index (χ0v) is 16.6. The maximum Gasteiger partial charge on any atom is 0.279 e. The summed E-state index contributed by atoms with van der Waals surface area (Å²) in [7, 11) is -2.42. The number of anilines is 1. The molecule has 2 aromatic heterocycles. The molecular weight excluding hydrogens is 382 g/mol. The number of fused-ring (bicyclic) bond motifs is 1. The Bertz CT molecular complexity index is 1040. The van der Waals surface area contributed by atoms with Crippen LogP contribution < -0.4 is 9.46 Å². The molecule has 9 heteroatoms. The molecule has 0 unspecified atom stereocenters. The van der Waals surface area contributed by atoms with Crippen LogP contribution in [0.3, 0.4) is 0 Å². The van der Waals surface area contributed by atoms with E-state index in [0.29, 0.717) is 21.4 Å². The molecule has 2 heterocycles. The topological polar surface area (TPSA) is 72.7 Å². The van der Waals surface area contributed by atoms with E-state index in [1.165, 1.54) is 24.5 Å². The summed E-state index contributed by atoms with van der Waals surface area (Å²) in [4.78, 5) is 6.14. The van der Waals surface area contributed by atoms with Crippen molar-refractivity contribution in [3.8, 4) is 5.75 Å². The third-order valence-corrected chi connectivity index (χ3v) is 6.17. The van der Waals surface area contributed by atoms with Crippen LogP contribution in [0.1, 0.15) is 30.3 Å². The van der Waals surface area contributed by atoms with Crippen LogP contribution in [0.2, 0.25) is 5.02 Å². The largest absolute Gasteiger partial charge is 0.495 e. The lowest BCUT2D eigenvalue weighted by atomic mass is 10.2. The average Bonchev–Trinajstić information content (AvgIpc) is 3.02. The Hall–Kier alpha value is -1.77. The Kier molecular flexibility index (Phi) is 4.70. The van der Waals surface area contributed by atoms with Gasteiger partial charge < -0.3 is 4.74 Å². The molecule has 0 amide bonds. The molecule has 0 fully saturated rings. The van der Waals surface area contributed by atoms with E-state index in [0.717, 1.165) is 4.88 Å². The van der Waals surface area contributed by atoms with E-state index < -0.39 is 10.0 Å². The highest BCUT2D eigenvalue weighted by molar-refractivity contribution is 7.92. The van der Waals surface area contributed by atoms with E-state index in [9.17, 15) is 8.42 Å². The highest BCUT2D eigenvalue weighted by Crippen LogP contribution is 2.33. The monoisotopic (exact) mass is 399 g/mol.